The summed E-state index contributed by atoms with van der Waals surface area (Å²) in [6, 6.07) is 0. The lowest BCUT2D eigenvalue weighted by Crippen LogP contribution is -2.20. The Morgan fingerprint density at radius 2 is 2.13 bits per heavy atom. The van der Waals surface area contributed by atoms with Gasteiger partial charge in [-0.05, 0) is 47.7 Å². The summed E-state index contributed by atoms with van der Waals surface area (Å²) in [6.07, 6.45) is 10.2. The molecule has 1 aliphatic carbocycles. The maximum atomic E-state index is 11.4. The largest absolute Gasteiger partial charge is 0.323 e. The molecule has 0 aromatic heterocycles. The molecule has 0 fully saturated rings. The topological polar surface area (TPSA) is 53.8 Å². The fourth-order valence-electron chi connectivity index (χ4n) is 1.99. The van der Waals surface area contributed by atoms with Crippen LogP contribution in [-0.4, -0.2) is 16.9 Å². The van der Waals surface area contributed by atoms with Crippen molar-refractivity contribution in [1.82, 2.24) is 5.32 Å². The molecule has 1 N–H and O–H groups in total. The van der Waals surface area contributed by atoms with Crippen molar-refractivity contribution in [2.75, 3.05) is 0 Å². The molecule has 1 amide bonds. The zero-order valence-electron chi connectivity index (χ0n) is 13.0. The van der Waals surface area contributed by atoms with Gasteiger partial charge in [-0.25, -0.2) is 9.98 Å². The third-order valence-electron chi connectivity index (χ3n) is 3.06. The molecule has 0 aliphatic heterocycles. The Morgan fingerprint density at radius 1 is 1.39 bits per heavy atom. The van der Waals surface area contributed by atoms with Crippen LogP contribution in [0.15, 0.2) is 83.6 Å². The van der Waals surface area contributed by atoms with Crippen molar-refractivity contribution in [2.24, 2.45) is 9.98 Å². The minimum Gasteiger partial charge on any atom is -0.323 e. The average Bonchev–Trinajstić information content (AvgIpc) is 2.54. The van der Waals surface area contributed by atoms with E-state index in [4.69, 9.17) is 11.6 Å². The third-order valence-corrected chi connectivity index (χ3v) is 3.24. The molecule has 0 bridgehead atoms. The highest BCUT2D eigenvalue weighted by Gasteiger charge is 2.14. The van der Waals surface area contributed by atoms with E-state index < -0.39 is 0 Å². The number of amides is 1. The Hall–Kier alpha value is -2.46. The van der Waals surface area contributed by atoms with Crippen molar-refractivity contribution in [3.63, 3.8) is 0 Å². The van der Waals surface area contributed by atoms with E-state index in [1.165, 1.54) is 12.3 Å². The summed E-state index contributed by atoms with van der Waals surface area (Å²) in [5.41, 5.74) is 3.13. The number of hydrogen-bond acceptors (Lipinski definition) is 2. The number of nitrogens with one attached hydrogen (secondary N) is 1. The van der Waals surface area contributed by atoms with Crippen molar-refractivity contribution in [2.45, 2.75) is 19.3 Å². The van der Waals surface area contributed by atoms with Crippen LogP contribution >= 0.6 is 11.6 Å². The minimum absolute atomic E-state index is 0.0881. The van der Waals surface area contributed by atoms with Gasteiger partial charge < -0.3 is 5.32 Å². The van der Waals surface area contributed by atoms with Crippen LogP contribution in [0, 0.1) is 0 Å². The summed E-state index contributed by atoms with van der Waals surface area (Å²) in [7, 11) is 0. The van der Waals surface area contributed by atoms with Crippen LogP contribution in [0.25, 0.3) is 0 Å². The second kappa shape index (κ2) is 9.54. The molecule has 0 radical (unpaired) electrons. The number of halogens is 1. The van der Waals surface area contributed by atoms with Gasteiger partial charge in [0.05, 0.1) is 5.71 Å². The molecule has 0 aromatic carbocycles. The molecule has 0 saturated carbocycles. The quantitative estimate of drug-likeness (QED) is 0.246. The standard InChI is InChI=1S/C18H20ClN3O/c1-5-9-16(22-18(19)20-7-3)13(4)14-10-8-11-15(12-14)21-17(23)6-2/h5-7,11-12H,1-4,8-10H2,(H,21,23)/b20-18?,22-16+. The molecule has 1 aliphatic rings. The molecule has 5 heteroatoms. The van der Waals surface area contributed by atoms with Crippen LogP contribution < -0.4 is 5.32 Å². The molecule has 120 valence electrons. The molecule has 0 heterocycles. The summed E-state index contributed by atoms with van der Waals surface area (Å²) in [6.45, 7) is 14.7. The Bertz CT molecular complexity index is 651. The van der Waals surface area contributed by atoms with Crippen molar-refractivity contribution in [3.05, 3.63) is 73.7 Å². The normalized spacial score (nSPS) is 15.2. The maximum Gasteiger partial charge on any atom is 0.247 e. The number of carbonyl (C=O) groups is 1. The molecule has 0 spiro atoms. The average molecular weight is 330 g/mol. The van der Waals surface area contributed by atoms with Crippen molar-refractivity contribution < 1.29 is 4.79 Å². The lowest BCUT2D eigenvalue weighted by molar-refractivity contribution is -0.115. The first-order valence-corrected chi connectivity index (χ1v) is 7.46. The summed E-state index contributed by atoms with van der Waals surface area (Å²) < 4.78 is 0. The van der Waals surface area contributed by atoms with Gasteiger partial charge >= 0.3 is 0 Å². The van der Waals surface area contributed by atoms with Crippen LogP contribution in [0.5, 0.6) is 0 Å². The van der Waals surface area contributed by atoms with Crippen LogP contribution in [0.3, 0.4) is 0 Å². The number of carbonyl (C=O) groups excluding carboxylic acids is 1. The monoisotopic (exact) mass is 329 g/mol. The van der Waals surface area contributed by atoms with E-state index in [0.29, 0.717) is 12.1 Å². The minimum atomic E-state index is -0.250. The Kier molecular flexibility index (Phi) is 7.71. The van der Waals surface area contributed by atoms with Crippen LogP contribution in [-0.2, 0) is 4.79 Å². The number of nitrogens with zero attached hydrogens (tertiary/aromatic N) is 2. The van der Waals surface area contributed by atoms with Gasteiger partial charge in [0.15, 0.2) is 0 Å². The number of rotatable bonds is 7. The van der Waals surface area contributed by atoms with Crippen LogP contribution in [0.2, 0.25) is 0 Å². The molecule has 4 nitrogen and oxygen atoms in total. The second-order valence-electron chi connectivity index (χ2n) is 4.67. The molecule has 0 aromatic rings. The Balaban J connectivity index is 3.04. The van der Waals surface area contributed by atoms with Crippen molar-refractivity contribution in [1.29, 1.82) is 0 Å². The smallest absolute Gasteiger partial charge is 0.247 e. The van der Waals surface area contributed by atoms with E-state index in [9.17, 15) is 4.79 Å². The molecular formula is C18H20ClN3O. The van der Waals surface area contributed by atoms with Crippen LogP contribution in [0.1, 0.15) is 19.3 Å². The van der Waals surface area contributed by atoms with E-state index in [0.717, 1.165) is 29.7 Å². The predicted octanol–water partition coefficient (Wildman–Crippen LogP) is 4.20. The second-order valence-corrected chi connectivity index (χ2v) is 5.01. The number of hydrogen-bond donors (Lipinski definition) is 1. The SMILES string of the molecule is C=CC/C(=N\C(Cl)=NC=C)C(=C)C1=CC(NC(=O)C=C)=CCC1. The predicted molar refractivity (Wildman–Crippen MR) is 98.6 cm³/mol. The van der Waals surface area contributed by atoms with Gasteiger partial charge in [0.25, 0.3) is 0 Å². The summed E-state index contributed by atoms with van der Waals surface area (Å²) in [5, 5.41) is 2.84. The fraction of sp³-hybridized carbons (Fsp3) is 0.167. The van der Waals surface area contributed by atoms with Gasteiger partial charge in [0.1, 0.15) is 0 Å². The fourth-order valence-corrected chi connectivity index (χ4v) is 2.17. The van der Waals surface area contributed by atoms with Crippen LogP contribution in [0.4, 0.5) is 0 Å². The highest BCUT2D eigenvalue weighted by molar-refractivity contribution is 6.65. The van der Waals surface area contributed by atoms with E-state index in [1.807, 2.05) is 12.2 Å². The van der Waals surface area contributed by atoms with Gasteiger partial charge in [-0.1, -0.05) is 31.9 Å². The third kappa shape index (κ3) is 6.04. The molecular weight excluding hydrogens is 310 g/mol. The first-order valence-electron chi connectivity index (χ1n) is 7.08. The number of allylic oxidation sites excluding steroid dienone is 5. The highest BCUT2D eigenvalue weighted by Crippen LogP contribution is 2.24. The van der Waals surface area contributed by atoms with E-state index in [2.05, 4.69) is 41.6 Å². The summed E-state index contributed by atoms with van der Waals surface area (Å²) >= 11 is 5.93. The molecule has 0 unspecified atom stereocenters. The zero-order valence-corrected chi connectivity index (χ0v) is 13.8. The van der Waals surface area contributed by atoms with Gasteiger partial charge in [0.2, 0.25) is 11.2 Å². The van der Waals surface area contributed by atoms with Gasteiger partial charge in [0, 0.05) is 18.3 Å². The van der Waals surface area contributed by atoms with Crippen molar-refractivity contribution >= 4 is 28.5 Å². The summed E-state index contributed by atoms with van der Waals surface area (Å²) in [5.74, 6) is -0.250. The van der Waals surface area contributed by atoms with E-state index in [1.54, 1.807) is 6.08 Å². The molecule has 1 rings (SSSR count). The van der Waals surface area contributed by atoms with Gasteiger partial charge in [-0.2, -0.15) is 0 Å². The maximum absolute atomic E-state index is 11.4. The number of amidine groups is 1. The van der Waals surface area contributed by atoms with Gasteiger partial charge in [-0.3, -0.25) is 4.79 Å². The van der Waals surface area contributed by atoms with E-state index >= 15 is 0 Å². The lowest BCUT2D eigenvalue weighted by atomic mass is 9.92. The van der Waals surface area contributed by atoms with Gasteiger partial charge in [-0.15, -0.1) is 6.58 Å². The summed E-state index contributed by atoms with van der Waals surface area (Å²) in [4.78, 5) is 19.5. The first kappa shape index (κ1) is 18.6. The van der Waals surface area contributed by atoms with E-state index in [-0.39, 0.29) is 11.2 Å². The Morgan fingerprint density at radius 3 is 2.74 bits per heavy atom. The Labute approximate surface area is 142 Å². The molecule has 23 heavy (non-hydrogen) atoms. The first-order chi connectivity index (χ1) is 11.0. The zero-order chi connectivity index (χ0) is 17.2. The lowest BCUT2D eigenvalue weighted by Gasteiger charge is -2.17. The number of aliphatic imine (C=N–C) groups is 2. The molecule has 0 atom stereocenters. The molecule has 0 saturated heterocycles. The van der Waals surface area contributed by atoms with Crippen molar-refractivity contribution in [3.8, 4) is 0 Å². The highest BCUT2D eigenvalue weighted by atomic mass is 35.5.